The molecule has 0 bridgehead atoms. The van der Waals surface area contributed by atoms with Gasteiger partial charge in [0.2, 0.25) is 11.5 Å². The number of nitro benzene ring substituents is 1. The van der Waals surface area contributed by atoms with E-state index in [0.717, 1.165) is 25.7 Å². The number of hydrogen-bond acceptors (Lipinski definition) is 12. The van der Waals surface area contributed by atoms with E-state index in [4.69, 9.17) is 51.6 Å². The van der Waals surface area contributed by atoms with Crippen LogP contribution < -0.4 is 28.4 Å². The van der Waals surface area contributed by atoms with Crippen LogP contribution in [0.4, 0.5) is 5.69 Å². The topological polar surface area (TPSA) is 167 Å². The van der Waals surface area contributed by atoms with E-state index >= 15 is 0 Å². The molecule has 0 aliphatic carbocycles. The van der Waals surface area contributed by atoms with E-state index in [9.17, 15) is 29.3 Å². The quantitative estimate of drug-likeness (QED) is 0.0128. The molecule has 0 atom stereocenters. The monoisotopic (exact) mass is 1040 g/mol. The Morgan fingerprint density at radius 2 is 0.726 bits per heavy atom. The van der Waals surface area contributed by atoms with Gasteiger partial charge in [0, 0.05) is 0 Å². The summed E-state index contributed by atoms with van der Waals surface area (Å²) in [5.74, 6) is -3.14. The van der Waals surface area contributed by atoms with Crippen LogP contribution in [0.3, 0.4) is 0 Å². The zero-order valence-electron chi connectivity index (χ0n) is 42.0. The highest BCUT2D eigenvalue weighted by Crippen LogP contribution is 2.38. The second kappa shape index (κ2) is 31.9. The highest BCUT2D eigenvalue weighted by molar-refractivity contribution is 6.32. The fraction of sp³-hybridized carbons (Fsp3) is 0.414. The first-order chi connectivity index (χ1) is 35.5. The highest BCUT2D eigenvalue weighted by atomic mass is 35.5. The lowest BCUT2D eigenvalue weighted by molar-refractivity contribution is -0.386. The van der Waals surface area contributed by atoms with Crippen LogP contribution >= 0.6 is 23.2 Å². The molecule has 0 saturated heterocycles. The van der Waals surface area contributed by atoms with E-state index in [1.165, 1.54) is 182 Å². The minimum Gasteiger partial charge on any atom is -0.492 e. The number of halogens is 2. The molecular weight excluding hydrogens is 974 g/mol. The average Bonchev–Trinajstić information content (AvgIpc) is 3.38. The second-order valence-electron chi connectivity index (χ2n) is 17.8. The molecule has 73 heavy (non-hydrogen) atoms. The fourth-order valence-corrected chi connectivity index (χ4v) is 8.32. The predicted octanol–water partition coefficient (Wildman–Crippen LogP) is 16.4. The zero-order valence-corrected chi connectivity index (χ0v) is 43.5. The number of ether oxygens (including phenoxy) is 6. The Kier molecular flexibility index (Phi) is 25.1. The minimum atomic E-state index is -0.971. The van der Waals surface area contributed by atoms with Gasteiger partial charge < -0.3 is 28.4 Å². The van der Waals surface area contributed by atoms with Gasteiger partial charge in [-0.05, 0) is 110 Å². The molecule has 0 aliphatic heterocycles. The first kappa shape index (κ1) is 57.5. The second-order valence-corrected chi connectivity index (χ2v) is 18.6. The number of nitrogens with zero attached hydrogens (tertiary/aromatic N) is 1. The molecule has 0 heterocycles. The standard InChI is InChI=1S/C58H67Cl2NO12/c1-3-5-7-9-11-13-15-17-19-21-38-68-50-36-30-44(40-48(50)59)57(64)70-46-32-26-42(27-33-46)55(62)72-52-24-23-25-53(54(52)61(66)67)73-56(63)43-28-34-47(35-29-43)71-58(65)45-31-37-51(49(60)41-45)69-39-22-20-18-16-14-12-10-8-6-4-2/h23-37,40-41H,3-22,38-39H2,1-2H3. The first-order valence-corrected chi connectivity index (χ1v) is 26.4. The maximum absolute atomic E-state index is 13.2. The van der Waals surface area contributed by atoms with Gasteiger partial charge in [-0.3, -0.25) is 10.1 Å². The Morgan fingerprint density at radius 1 is 0.411 bits per heavy atom. The van der Waals surface area contributed by atoms with Crippen molar-refractivity contribution in [2.45, 2.75) is 142 Å². The summed E-state index contributed by atoms with van der Waals surface area (Å²) >= 11 is 12.8. The molecular formula is C58H67Cl2NO12. The van der Waals surface area contributed by atoms with Crippen LogP contribution in [0.15, 0.2) is 103 Å². The zero-order chi connectivity index (χ0) is 52.2. The molecule has 5 aromatic carbocycles. The van der Waals surface area contributed by atoms with E-state index in [1.54, 1.807) is 24.3 Å². The van der Waals surface area contributed by atoms with Gasteiger partial charge in [-0.2, -0.15) is 0 Å². The van der Waals surface area contributed by atoms with Crippen LogP contribution in [-0.2, 0) is 0 Å². The summed E-state index contributed by atoms with van der Waals surface area (Å²) < 4.78 is 33.4. The molecule has 15 heteroatoms. The number of carbonyl (C=O) groups excluding carboxylic acids is 4. The van der Waals surface area contributed by atoms with Crippen LogP contribution in [0.2, 0.25) is 10.0 Å². The van der Waals surface area contributed by atoms with Crippen molar-refractivity contribution in [1.29, 1.82) is 0 Å². The van der Waals surface area contributed by atoms with E-state index in [-0.39, 0.29) is 43.8 Å². The minimum absolute atomic E-state index is 0.0202. The van der Waals surface area contributed by atoms with Gasteiger partial charge in [0.15, 0.2) is 0 Å². The molecule has 0 N–H and O–H groups in total. The molecule has 13 nitrogen and oxygen atoms in total. The van der Waals surface area contributed by atoms with Gasteiger partial charge in [0.25, 0.3) is 0 Å². The summed E-state index contributed by atoms with van der Waals surface area (Å²) in [4.78, 5) is 63.6. The summed E-state index contributed by atoms with van der Waals surface area (Å²) in [6.45, 7) is 5.48. The van der Waals surface area contributed by atoms with Crippen LogP contribution in [0.5, 0.6) is 34.5 Å². The number of carbonyl (C=O) groups is 4. The Hall–Kier alpha value is -6.44. The predicted molar refractivity (Wildman–Crippen MR) is 283 cm³/mol. The fourth-order valence-electron chi connectivity index (χ4n) is 7.85. The summed E-state index contributed by atoms with van der Waals surface area (Å²) in [6.07, 6.45) is 24.3. The van der Waals surface area contributed by atoms with Crippen molar-refractivity contribution in [3.63, 3.8) is 0 Å². The number of unbranched alkanes of at least 4 members (excludes halogenated alkanes) is 18. The number of rotatable bonds is 33. The number of para-hydroxylation sites is 1. The number of esters is 4. The van der Waals surface area contributed by atoms with Gasteiger partial charge in [0.05, 0.1) is 50.4 Å². The third-order valence-corrected chi connectivity index (χ3v) is 12.6. The van der Waals surface area contributed by atoms with Crippen molar-refractivity contribution < 1.29 is 52.5 Å². The highest BCUT2D eigenvalue weighted by Gasteiger charge is 2.27. The third kappa shape index (κ3) is 19.8. The van der Waals surface area contributed by atoms with Crippen LogP contribution in [0, 0.1) is 10.1 Å². The lowest BCUT2D eigenvalue weighted by atomic mass is 10.1. The molecule has 0 spiro atoms. The third-order valence-electron chi connectivity index (χ3n) is 12.0. The molecule has 0 radical (unpaired) electrons. The maximum Gasteiger partial charge on any atom is 0.353 e. The van der Waals surface area contributed by atoms with E-state index in [1.807, 2.05) is 0 Å². The smallest absolute Gasteiger partial charge is 0.353 e. The molecule has 0 saturated carbocycles. The Bertz CT molecular complexity index is 2380. The number of benzene rings is 5. The van der Waals surface area contributed by atoms with Crippen molar-refractivity contribution >= 4 is 52.8 Å². The summed E-state index contributed by atoms with van der Waals surface area (Å²) in [7, 11) is 0. The Balaban J connectivity index is 1.06. The van der Waals surface area contributed by atoms with E-state index in [2.05, 4.69) is 13.8 Å². The SMILES string of the molecule is CCCCCCCCCCCCOc1ccc(C(=O)Oc2ccc(C(=O)Oc3cccc(OC(=O)c4ccc(OC(=O)c5ccc(OCCCCCCCCCCCC)c(Cl)c5)cc4)c3[N+](=O)[O-])cc2)cc1Cl. The lowest BCUT2D eigenvalue weighted by Crippen LogP contribution is -2.13. The van der Waals surface area contributed by atoms with Crippen LogP contribution in [0.1, 0.15) is 184 Å². The molecule has 5 aromatic rings. The van der Waals surface area contributed by atoms with Crippen molar-refractivity contribution in [3.8, 4) is 34.5 Å². The summed E-state index contributed by atoms with van der Waals surface area (Å²) in [6, 6.07) is 23.7. The molecule has 0 fully saturated rings. The first-order valence-electron chi connectivity index (χ1n) is 25.7. The molecule has 0 unspecified atom stereocenters. The lowest BCUT2D eigenvalue weighted by Gasteiger charge is -2.11. The van der Waals surface area contributed by atoms with Gasteiger partial charge in [0.1, 0.15) is 23.0 Å². The van der Waals surface area contributed by atoms with E-state index in [0.29, 0.717) is 24.7 Å². The largest absolute Gasteiger partial charge is 0.492 e. The van der Waals surface area contributed by atoms with Gasteiger partial charge in [-0.1, -0.05) is 159 Å². The van der Waals surface area contributed by atoms with Crippen molar-refractivity contribution in [1.82, 2.24) is 0 Å². The van der Waals surface area contributed by atoms with Crippen LogP contribution in [0.25, 0.3) is 0 Å². The van der Waals surface area contributed by atoms with Crippen molar-refractivity contribution in [2.75, 3.05) is 13.2 Å². The molecule has 390 valence electrons. The molecule has 0 amide bonds. The molecule has 5 rings (SSSR count). The van der Waals surface area contributed by atoms with Gasteiger partial charge in [-0.15, -0.1) is 0 Å². The number of nitro groups is 1. The Labute approximate surface area is 438 Å². The maximum atomic E-state index is 13.2. The molecule has 0 aromatic heterocycles. The summed E-state index contributed by atoms with van der Waals surface area (Å²) in [5, 5.41) is 12.8. The molecule has 0 aliphatic rings. The van der Waals surface area contributed by atoms with Crippen molar-refractivity contribution in [2.24, 2.45) is 0 Å². The van der Waals surface area contributed by atoms with Gasteiger partial charge in [-0.25, -0.2) is 19.2 Å². The Morgan fingerprint density at radius 3 is 1.05 bits per heavy atom. The normalized spacial score (nSPS) is 10.9. The number of hydrogen-bond donors (Lipinski definition) is 0. The van der Waals surface area contributed by atoms with E-state index < -0.39 is 46.0 Å². The van der Waals surface area contributed by atoms with Gasteiger partial charge >= 0.3 is 29.6 Å². The average molecular weight is 1040 g/mol. The van der Waals surface area contributed by atoms with Crippen molar-refractivity contribution in [3.05, 3.63) is 146 Å². The van der Waals surface area contributed by atoms with Crippen LogP contribution in [-0.4, -0.2) is 42.0 Å². The summed E-state index contributed by atoms with van der Waals surface area (Å²) in [5.41, 5.74) is -0.437.